The molecule has 0 bridgehead atoms. The highest BCUT2D eigenvalue weighted by molar-refractivity contribution is 7.09. The number of aliphatic hydroxyl groups excluding tert-OH is 1. The van der Waals surface area contributed by atoms with Crippen molar-refractivity contribution in [3.63, 3.8) is 0 Å². The monoisotopic (exact) mass is 326 g/mol. The Morgan fingerprint density at radius 1 is 1.22 bits per heavy atom. The van der Waals surface area contributed by atoms with E-state index < -0.39 is 6.10 Å². The minimum atomic E-state index is -0.665. The van der Waals surface area contributed by atoms with E-state index in [1.54, 1.807) is 11.3 Å². The number of hydrogen-bond donors (Lipinski definition) is 1. The molecule has 4 rings (SSSR count). The fourth-order valence-electron chi connectivity index (χ4n) is 2.94. The van der Waals surface area contributed by atoms with Crippen molar-refractivity contribution < 1.29 is 5.11 Å². The molecule has 1 aliphatic rings. The molecule has 1 unspecified atom stereocenters. The molecule has 0 aliphatic carbocycles. The molecule has 23 heavy (non-hydrogen) atoms. The summed E-state index contributed by atoms with van der Waals surface area (Å²) in [5.74, 6) is 0. The highest BCUT2D eigenvalue weighted by Crippen LogP contribution is 2.24. The van der Waals surface area contributed by atoms with Gasteiger partial charge in [-0.05, 0) is 11.6 Å². The molecular formula is C17H18N4OS. The summed E-state index contributed by atoms with van der Waals surface area (Å²) in [6, 6.07) is 11.7. The highest BCUT2D eigenvalue weighted by atomic mass is 32.1. The fraction of sp³-hybridized carbons (Fsp3) is 0.294. The van der Waals surface area contributed by atoms with Gasteiger partial charge < -0.3 is 5.11 Å². The number of benzene rings is 1. The maximum atomic E-state index is 10.5. The first-order valence-corrected chi connectivity index (χ1v) is 8.58. The zero-order chi connectivity index (χ0) is 15.6. The average molecular weight is 326 g/mol. The van der Waals surface area contributed by atoms with Crippen LogP contribution in [0.15, 0.2) is 48.0 Å². The molecule has 0 fully saturated rings. The summed E-state index contributed by atoms with van der Waals surface area (Å²) in [6.45, 7) is 3.52. The van der Waals surface area contributed by atoms with E-state index in [0.717, 1.165) is 48.1 Å². The standard InChI is InChI=1S/C17H18N4OS/c22-17(13-4-2-1-3-5-13)15-10-14-11-20(7-8-21(14)19-15)12-16-18-6-9-23-16/h1-6,9-10,17,22H,7-8,11-12H2. The Balaban J connectivity index is 1.51. The summed E-state index contributed by atoms with van der Waals surface area (Å²) in [7, 11) is 0. The lowest BCUT2D eigenvalue weighted by Crippen LogP contribution is -2.33. The van der Waals surface area contributed by atoms with Crippen molar-refractivity contribution in [3.05, 3.63) is 69.9 Å². The molecule has 6 heteroatoms. The van der Waals surface area contributed by atoms with E-state index in [4.69, 9.17) is 0 Å². The van der Waals surface area contributed by atoms with Crippen molar-refractivity contribution in [3.8, 4) is 0 Å². The molecule has 0 amide bonds. The summed E-state index contributed by atoms with van der Waals surface area (Å²) < 4.78 is 2.01. The quantitative estimate of drug-likeness (QED) is 0.800. The van der Waals surface area contributed by atoms with E-state index in [1.807, 2.05) is 52.7 Å². The molecule has 5 nitrogen and oxygen atoms in total. The van der Waals surface area contributed by atoms with Crippen molar-refractivity contribution >= 4 is 11.3 Å². The molecule has 1 atom stereocenters. The van der Waals surface area contributed by atoms with Crippen LogP contribution in [0.4, 0.5) is 0 Å². The molecule has 0 saturated carbocycles. The third-order valence-corrected chi connectivity index (χ3v) is 4.90. The van der Waals surface area contributed by atoms with Crippen LogP contribution in [0, 0.1) is 0 Å². The number of thiazole rings is 1. The smallest absolute Gasteiger partial charge is 0.123 e. The second-order valence-corrected chi connectivity index (χ2v) is 6.71. The van der Waals surface area contributed by atoms with Gasteiger partial charge >= 0.3 is 0 Å². The van der Waals surface area contributed by atoms with E-state index in [2.05, 4.69) is 15.0 Å². The van der Waals surface area contributed by atoms with E-state index in [9.17, 15) is 5.11 Å². The molecule has 1 aromatic carbocycles. The first-order chi connectivity index (χ1) is 11.3. The fourth-order valence-corrected chi connectivity index (χ4v) is 3.60. The van der Waals surface area contributed by atoms with Crippen molar-refractivity contribution in [2.75, 3.05) is 6.54 Å². The molecule has 0 spiro atoms. The Hall–Kier alpha value is -2.02. The summed E-state index contributed by atoms with van der Waals surface area (Å²) in [5.41, 5.74) is 2.75. The van der Waals surface area contributed by atoms with Gasteiger partial charge in [0, 0.05) is 24.7 Å². The molecule has 0 radical (unpaired) electrons. The van der Waals surface area contributed by atoms with Crippen molar-refractivity contribution in [2.45, 2.75) is 25.7 Å². The first-order valence-electron chi connectivity index (χ1n) is 7.70. The zero-order valence-corrected chi connectivity index (χ0v) is 13.5. The van der Waals surface area contributed by atoms with Gasteiger partial charge in [-0.3, -0.25) is 9.58 Å². The van der Waals surface area contributed by atoms with Crippen molar-refractivity contribution in [2.24, 2.45) is 0 Å². The van der Waals surface area contributed by atoms with E-state index in [-0.39, 0.29) is 0 Å². The molecule has 3 heterocycles. The number of fused-ring (bicyclic) bond motifs is 1. The van der Waals surface area contributed by atoms with Crippen LogP contribution < -0.4 is 0 Å². The van der Waals surface area contributed by atoms with Gasteiger partial charge in [0.2, 0.25) is 0 Å². The van der Waals surface area contributed by atoms with Gasteiger partial charge in [0.25, 0.3) is 0 Å². The largest absolute Gasteiger partial charge is 0.382 e. The predicted molar refractivity (Wildman–Crippen MR) is 89.0 cm³/mol. The molecule has 1 N–H and O–H groups in total. The topological polar surface area (TPSA) is 54.2 Å². The highest BCUT2D eigenvalue weighted by Gasteiger charge is 2.22. The van der Waals surface area contributed by atoms with Crippen LogP contribution in [0.3, 0.4) is 0 Å². The van der Waals surface area contributed by atoms with Crippen LogP contribution in [0.5, 0.6) is 0 Å². The third kappa shape index (κ3) is 3.06. The molecule has 2 aromatic heterocycles. The number of aliphatic hydroxyl groups is 1. The Kier molecular flexibility index (Phi) is 3.95. The lowest BCUT2D eigenvalue weighted by atomic mass is 10.1. The van der Waals surface area contributed by atoms with Gasteiger partial charge in [-0.1, -0.05) is 30.3 Å². The molecule has 3 aromatic rings. The van der Waals surface area contributed by atoms with Gasteiger partial charge in [-0.25, -0.2) is 4.98 Å². The normalized spacial score (nSPS) is 16.2. The second kappa shape index (κ2) is 6.23. The zero-order valence-electron chi connectivity index (χ0n) is 12.7. The first kappa shape index (κ1) is 14.6. The van der Waals surface area contributed by atoms with Crippen LogP contribution in [0.25, 0.3) is 0 Å². The lowest BCUT2D eigenvalue weighted by molar-refractivity contribution is 0.200. The Morgan fingerprint density at radius 2 is 2.09 bits per heavy atom. The van der Waals surface area contributed by atoms with Crippen molar-refractivity contribution in [1.82, 2.24) is 19.7 Å². The summed E-state index contributed by atoms with van der Waals surface area (Å²) in [6.07, 6.45) is 1.18. The molecule has 1 aliphatic heterocycles. The summed E-state index contributed by atoms with van der Waals surface area (Å²) >= 11 is 1.69. The van der Waals surface area contributed by atoms with E-state index >= 15 is 0 Å². The number of aromatic nitrogens is 3. The maximum absolute atomic E-state index is 10.5. The number of nitrogens with zero attached hydrogens (tertiary/aromatic N) is 4. The Labute approximate surface area is 138 Å². The van der Waals surface area contributed by atoms with Crippen LogP contribution in [0.1, 0.15) is 28.1 Å². The maximum Gasteiger partial charge on any atom is 0.123 e. The number of hydrogen-bond acceptors (Lipinski definition) is 5. The van der Waals surface area contributed by atoms with Gasteiger partial charge in [-0.2, -0.15) is 5.10 Å². The van der Waals surface area contributed by atoms with Gasteiger partial charge in [0.05, 0.1) is 24.5 Å². The minimum Gasteiger partial charge on any atom is -0.382 e. The lowest BCUT2D eigenvalue weighted by Gasteiger charge is -2.26. The average Bonchev–Trinajstić information content (AvgIpc) is 3.24. The third-order valence-electron chi connectivity index (χ3n) is 4.13. The van der Waals surface area contributed by atoms with E-state index in [0.29, 0.717) is 0 Å². The van der Waals surface area contributed by atoms with Crippen LogP contribution in [0.2, 0.25) is 0 Å². The predicted octanol–water partition coefficient (Wildman–Crippen LogP) is 2.44. The Bertz CT molecular complexity index is 769. The van der Waals surface area contributed by atoms with Crippen LogP contribution >= 0.6 is 11.3 Å². The minimum absolute atomic E-state index is 0.665. The van der Waals surface area contributed by atoms with E-state index in [1.165, 1.54) is 0 Å². The summed E-state index contributed by atoms with van der Waals surface area (Å²) in [4.78, 5) is 6.72. The molecular weight excluding hydrogens is 308 g/mol. The van der Waals surface area contributed by atoms with Crippen molar-refractivity contribution in [1.29, 1.82) is 0 Å². The van der Waals surface area contributed by atoms with Gasteiger partial charge in [0.1, 0.15) is 11.1 Å². The Morgan fingerprint density at radius 3 is 2.87 bits per heavy atom. The SMILES string of the molecule is OC(c1ccccc1)c1cc2n(n1)CCN(Cc1nccs1)C2. The van der Waals surface area contributed by atoms with Crippen LogP contribution in [-0.4, -0.2) is 31.3 Å². The molecule has 0 saturated heterocycles. The summed E-state index contributed by atoms with van der Waals surface area (Å²) in [5, 5.41) is 18.3. The van der Waals surface area contributed by atoms with Gasteiger partial charge in [-0.15, -0.1) is 11.3 Å². The number of rotatable bonds is 4. The molecule has 118 valence electrons. The van der Waals surface area contributed by atoms with Gasteiger partial charge in [0.15, 0.2) is 0 Å². The van der Waals surface area contributed by atoms with Crippen LogP contribution in [-0.2, 0) is 19.6 Å². The second-order valence-electron chi connectivity index (χ2n) is 5.73.